The Kier molecular flexibility index (Phi) is 5.93. The van der Waals surface area contributed by atoms with Gasteiger partial charge in [0.2, 0.25) is 0 Å². The summed E-state index contributed by atoms with van der Waals surface area (Å²) in [6.45, 7) is 6.16. The molecule has 2 atom stereocenters. The van der Waals surface area contributed by atoms with Crippen LogP contribution in [0.15, 0.2) is 0 Å². The van der Waals surface area contributed by atoms with E-state index in [-0.39, 0.29) is 11.7 Å². The molecular weight excluding hydrogens is 156 g/mol. The highest BCUT2D eigenvalue weighted by atomic mass is 16.5. The van der Waals surface area contributed by atoms with Gasteiger partial charge in [0.25, 0.3) is 0 Å². The molecule has 0 bridgehead atoms. The molecular formula is C9H18O3. The Hall–Kier alpha value is -0.410. The van der Waals surface area contributed by atoms with Crippen LogP contribution in [0.1, 0.15) is 27.2 Å². The predicted octanol–water partition coefficient (Wildman–Crippen LogP) is 0.999. The van der Waals surface area contributed by atoms with Gasteiger partial charge in [0.15, 0.2) is 0 Å². The lowest BCUT2D eigenvalue weighted by Crippen LogP contribution is -2.21. The third-order valence-electron chi connectivity index (χ3n) is 1.83. The normalized spacial score (nSPS) is 15.7. The molecule has 0 saturated heterocycles. The minimum absolute atomic E-state index is 0.0690. The predicted molar refractivity (Wildman–Crippen MR) is 47.0 cm³/mol. The lowest BCUT2D eigenvalue weighted by molar-refractivity contribution is -0.121. The van der Waals surface area contributed by atoms with Crippen molar-refractivity contribution in [1.29, 1.82) is 0 Å². The standard InChI is InChI=1S/C9H18O3/c1-4-12-6-9(11)5-7(2)8(3)10/h7,9,11H,4-6H2,1-3H3. The van der Waals surface area contributed by atoms with E-state index in [0.29, 0.717) is 19.6 Å². The second-order valence-electron chi connectivity index (χ2n) is 3.06. The molecule has 3 heteroatoms. The van der Waals surface area contributed by atoms with E-state index in [1.54, 1.807) is 0 Å². The Labute approximate surface area is 73.7 Å². The first kappa shape index (κ1) is 11.6. The van der Waals surface area contributed by atoms with Crippen molar-refractivity contribution < 1.29 is 14.6 Å². The fourth-order valence-electron chi connectivity index (χ4n) is 0.896. The van der Waals surface area contributed by atoms with Crippen LogP contribution in [0.5, 0.6) is 0 Å². The fourth-order valence-corrected chi connectivity index (χ4v) is 0.896. The van der Waals surface area contributed by atoms with E-state index in [4.69, 9.17) is 4.74 Å². The summed E-state index contributed by atoms with van der Waals surface area (Å²) >= 11 is 0. The van der Waals surface area contributed by atoms with Crippen LogP contribution < -0.4 is 0 Å². The number of carbonyl (C=O) groups excluding carboxylic acids is 1. The molecule has 0 saturated carbocycles. The third-order valence-corrected chi connectivity index (χ3v) is 1.83. The summed E-state index contributed by atoms with van der Waals surface area (Å²) < 4.78 is 5.01. The summed E-state index contributed by atoms with van der Waals surface area (Å²) in [5, 5.41) is 9.32. The van der Waals surface area contributed by atoms with Crippen LogP contribution in [0.25, 0.3) is 0 Å². The number of hydrogen-bond acceptors (Lipinski definition) is 3. The first-order valence-electron chi connectivity index (χ1n) is 4.34. The van der Waals surface area contributed by atoms with Crippen LogP contribution in [0, 0.1) is 5.92 Å². The maximum atomic E-state index is 10.8. The number of rotatable bonds is 6. The van der Waals surface area contributed by atoms with Gasteiger partial charge in [-0.15, -0.1) is 0 Å². The number of carbonyl (C=O) groups is 1. The van der Waals surface area contributed by atoms with E-state index >= 15 is 0 Å². The molecule has 0 aromatic rings. The Morgan fingerprint density at radius 1 is 1.58 bits per heavy atom. The first-order valence-corrected chi connectivity index (χ1v) is 4.34. The maximum absolute atomic E-state index is 10.8. The monoisotopic (exact) mass is 174 g/mol. The molecule has 0 aliphatic heterocycles. The van der Waals surface area contributed by atoms with E-state index in [1.807, 2.05) is 13.8 Å². The number of Topliss-reactive ketones (excluding diaryl/α,β-unsaturated/α-hetero) is 1. The molecule has 0 radical (unpaired) electrons. The highest BCUT2D eigenvalue weighted by Crippen LogP contribution is 2.07. The van der Waals surface area contributed by atoms with Crippen LogP contribution in [0.4, 0.5) is 0 Å². The van der Waals surface area contributed by atoms with Gasteiger partial charge in [-0.3, -0.25) is 4.79 Å². The number of ether oxygens (including phenoxy) is 1. The molecule has 0 rings (SSSR count). The minimum Gasteiger partial charge on any atom is -0.391 e. The molecule has 3 nitrogen and oxygen atoms in total. The first-order chi connectivity index (χ1) is 5.57. The largest absolute Gasteiger partial charge is 0.391 e. The van der Waals surface area contributed by atoms with Crippen molar-refractivity contribution in [1.82, 2.24) is 0 Å². The van der Waals surface area contributed by atoms with Crippen molar-refractivity contribution in [3.05, 3.63) is 0 Å². The summed E-state index contributed by atoms with van der Waals surface area (Å²) in [5.41, 5.74) is 0. The van der Waals surface area contributed by atoms with Crippen LogP contribution in [0.3, 0.4) is 0 Å². The van der Waals surface area contributed by atoms with Crippen molar-refractivity contribution in [2.75, 3.05) is 13.2 Å². The Morgan fingerprint density at radius 2 is 2.17 bits per heavy atom. The van der Waals surface area contributed by atoms with Crippen LogP contribution in [-0.4, -0.2) is 30.2 Å². The van der Waals surface area contributed by atoms with Gasteiger partial charge in [0, 0.05) is 12.5 Å². The van der Waals surface area contributed by atoms with E-state index in [1.165, 1.54) is 6.92 Å². The van der Waals surface area contributed by atoms with Crippen molar-refractivity contribution >= 4 is 5.78 Å². The highest BCUT2D eigenvalue weighted by molar-refractivity contribution is 5.77. The molecule has 0 spiro atoms. The number of aliphatic hydroxyl groups is 1. The molecule has 0 fully saturated rings. The fraction of sp³-hybridized carbons (Fsp3) is 0.889. The topological polar surface area (TPSA) is 46.5 Å². The zero-order valence-corrected chi connectivity index (χ0v) is 8.04. The molecule has 0 aliphatic carbocycles. The third kappa shape index (κ3) is 5.27. The van der Waals surface area contributed by atoms with Crippen molar-refractivity contribution in [2.24, 2.45) is 5.92 Å². The SMILES string of the molecule is CCOCC(O)CC(C)C(C)=O. The summed E-state index contributed by atoms with van der Waals surface area (Å²) in [7, 11) is 0. The molecule has 0 heterocycles. The molecule has 0 aromatic heterocycles. The Balaban J connectivity index is 3.53. The summed E-state index contributed by atoms with van der Waals surface area (Å²) in [4.78, 5) is 10.8. The molecule has 72 valence electrons. The van der Waals surface area contributed by atoms with Crippen LogP contribution >= 0.6 is 0 Å². The molecule has 12 heavy (non-hydrogen) atoms. The van der Waals surface area contributed by atoms with Gasteiger partial charge in [-0.2, -0.15) is 0 Å². The van der Waals surface area contributed by atoms with E-state index in [0.717, 1.165) is 0 Å². The summed E-state index contributed by atoms with van der Waals surface area (Å²) in [6.07, 6.45) is -0.0150. The lowest BCUT2D eigenvalue weighted by Gasteiger charge is -2.13. The maximum Gasteiger partial charge on any atom is 0.132 e. The average molecular weight is 174 g/mol. The molecule has 0 aromatic carbocycles. The van der Waals surface area contributed by atoms with Gasteiger partial charge in [0.05, 0.1) is 12.7 Å². The van der Waals surface area contributed by atoms with Gasteiger partial charge in [-0.25, -0.2) is 0 Å². The van der Waals surface area contributed by atoms with Gasteiger partial charge >= 0.3 is 0 Å². The second-order valence-corrected chi connectivity index (χ2v) is 3.06. The molecule has 2 unspecified atom stereocenters. The minimum atomic E-state index is -0.510. The summed E-state index contributed by atoms with van der Waals surface area (Å²) in [6, 6.07) is 0. The summed E-state index contributed by atoms with van der Waals surface area (Å²) in [5.74, 6) is 0.0472. The highest BCUT2D eigenvalue weighted by Gasteiger charge is 2.13. The van der Waals surface area contributed by atoms with E-state index in [9.17, 15) is 9.90 Å². The molecule has 0 aliphatic rings. The zero-order valence-electron chi connectivity index (χ0n) is 8.04. The smallest absolute Gasteiger partial charge is 0.132 e. The lowest BCUT2D eigenvalue weighted by atomic mass is 10.0. The zero-order chi connectivity index (χ0) is 9.56. The van der Waals surface area contributed by atoms with E-state index in [2.05, 4.69) is 0 Å². The van der Waals surface area contributed by atoms with Crippen molar-refractivity contribution in [3.8, 4) is 0 Å². The Morgan fingerprint density at radius 3 is 2.58 bits per heavy atom. The number of ketones is 1. The number of hydrogen-bond donors (Lipinski definition) is 1. The van der Waals surface area contributed by atoms with Crippen LogP contribution in [-0.2, 0) is 9.53 Å². The molecule has 1 N–H and O–H groups in total. The van der Waals surface area contributed by atoms with Crippen molar-refractivity contribution in [3.63, 3.8) is 0 Å². The van der Waals surface area contributed by atoms with Crippen molar-refractivity contribution in [2.45, 2.75) is 33.3 Å². The Bertz CT molecular complexity index is 134. The van der Waals surface area contributed by atoms with E-state index < -0.39 is 6.10 Å². The molecule has 0 amide bonds. The second kappa shape index (κ2) is 6.14. The van der Waals surface area contributed by atoms with Crippen LogP contribution in [0.2, 0.25) is 0 Å². The van der Waals surface area contributed by atoms with Gasteiger partial charge in [0.1, 0.15) is 5.78 Å². The van der Waals surface area contributed by atoms with Gasteiger partial charge in [-0.1, -0.05) is 6.92 Å². The van der Waals surface area contributed by atoms with Gasteiger partial charge in [-0.05, 0) is 20.3 Å². The number of aliphatic hydroxyl groups excluding tert-OH is 1. The van der Waals surface area contributed by atoms with Gasteiger partial charge < -0.3 is 9.84 Å². The average Bonchev–Trinajstić information content (AvgIpc) is 2.00. The quantitative estimate of drug-likeness (QED) is 0.653.